The molecular weight excluding hydrogens is 216 g/mol. The molecule has 8 aliphatic carbocycles. The first-order valence-electron chi connectivity index (χ1n) is 7.87. The van der Waals surface area contributed by atoms with Gasteiger partial charge < -0.3 is 0 Å². The first kappa shape index (κ1) is 9.18. The normalized spacial score (nSPS) is 65.6. The maximum Gasteiger partial charge on any atom is 0.00420 e. The van der Waals surface area contributed by atoms with Crippen LogP contribution in [0.5, 0.6) is 0 Å². The molecule has 0 N–H and O–H groups in total. The molecule has 18 heavy (non-hydrogen) atoms. The molecule has 0 aromatic rings. The van der Waals surface area contributed by atoms with Crippen molar-refractivity contribution in [2.24, 2.45) is 47.3 Å². The van der Waals surface area contributed by atoms with Gasteiger partial charge in [-0.05, 0) is 61.2 Å². The molecule has 0 spiro atoms. The van der Waals surface area contributed by atoms with Gasteiger partial charge in [0.05, 0.1) is 0 Å². The van der Waals surface area contributed by atoms with Gasteiger partial charge in [0.2, 0.25) is 0 Å². The number of allylic oxidation sites excluding steroid dienone is 4. The second kappa shape index (κ2) is 2.44. The van der Waals surface area contributed by atoms with E-state index in [0.717, 1.165) is 47.3 Å². The molecule has 92 valence electrons. The van der Waals surface area contributed by atoms with Crippen LogP contribution < -0.4 is 0 Å². The lowest BCUT2D eigenvalue weighted by Gasteiger charge is -2.21. The molecule has 0 heteroatoms. The summed E-state index contributed by atoms with van der Waals surface area (Å²) >= 11 is 0. The molecule has 8 saturated carbocycles. The van der Waals surface area contributed by atoms with E-state index in [-0.39, 0.29) is 0 Å². The summed E-state index contributed by atoms with van der Waals surface area (Å²) in [5.74, 6) is 7.34. The predicted octanol–water partition coefficient (Wildman–Crippen LogP) is 3.97. The maximum absolute atomic E-state index is 4.44. The smallest absolute Gasteiger partial charge is 0.00420 e. The molecule has 8 atom stereocenters. The molecule has 0 nitrogen and oxygen atoms in total. The van der Waals surface area contributed by atoms with Crippen molar-refractivity contribution in [1.82, 2.24) is 0 Å². The Morgan fingerprint density at radius 3 is 1.28 bits per heavy atom. The van der Waals surface area contributed by atoms with Crippen LogP contribution in [0.15, 0.2) is 35.5 Å². The van der Waals surface area contributed by atoms with E-state index in [1.807, 2.05) is 11.1 Å². The molecule has 0 saturated heterocycles. The standard InChI is InChI=1S/C18H20/c1-7-11-3-9-5-13(11)17(15(7)9)18-14-6-10-4-12(14)8(2)16(10)18/h9-16H,1-6H2/b18-17-. The van der Waals surface area contributed by atoms with Crippen molar-refractivity contribution in [3.05, 3.63) is 35.5 Å². The number of hydrogen-bond acceptors (Lipinski definition) is 0. The first-order chi connectivity index (χ1) is 8.75. The lowest BCUT2D eigenvalue weighted by molar-refractivity contribution is 0.498. The molecule has 8 bridgehead atoms. The monoisotopic (exact) mass is 236 g/mol. The highest BCUT2D eigenvalue weighted by molar-refractivity contribution is 5.53. The van der Waals surface area contributed by atoms with Crippen molar-refractivity contribution in [2.45, 2.75) is 25.7 Å². The minimum Gasteiger partial charge on any atom is -0.0989 e. The Hall–Kier alpha value is -0.780. The van der Waals surface area contributed by atoms with Crippen LogP contribution in [-0.2, 0) is 0 Å². The molecule has 0 radical (unpaired) electrons. The van der Waals surface area contributed by atoms with Gasteiger partial charge in [0.15, 0.2) is 0 Å². The maximum atomic E-state index is 4.44. The highest BCUT2D eigenvalue weighted by atomic mass is 14.7. The van der Waals surface area contributed by atoms with E-state index in [1.54, 1.807) is 11.1 Å². The fourth-order valence-corrected chi connectivity index (χ4v) is 7.43. The quantitative estimate of drug-likeness (QED) is 0.558. The third-order valence-electron chi connectivity index (χ3n) is 7.69. The summed E-state index contributed by atoms with van der Waals surface area (Å²) in [6.45, 7) is 8.89. The second-order valence-corrected chi connectivity index (χ2v) is 7.90. The summed E-state index contributed by atoms with van der Waals surface area (Å²) in [5.41, 5.74) is 7.12. The first-order valence-corrected chi connectivity index (χ1v) is 7.87. The van der Waals surface area contributed by atoms with Gasteiger partial charge in [-0.25, -0.2) is 0 Å². The highest BCUT2D eigenvalue weighted by Gasteiger charge is 2.65. The Bertz CT molecular complexity index is 513. The van der Waals surface area contributed by atoms with Gasteiger partial charge in [-0.2, -0.15) is 0 Å². The van der Waals surface area contributed by atoms with Crippen LogP contribution in [0.3, 0.4) is 0 Å². The summed E-state index contributed by atoms with van der Waals surface area (Å²) in [5, 5.41) is 0. The van der Waals surface area contributed by atoms with Crippen LogP contribution in [0.1, 0.15) is 25.7 Å². The molecule has 0 heterocycles. The van der Waals surface area contributed by atoms with Crippen LogP contribution in [0, 0.1) is 47.3 Å². The van der Waals surface area contributed by atoms with Gasteiger partial charge in [-0.15, -0.1) is 0 Å². The van der Waals surface area contributed by atoms with Gasteiger partial charge in [-0.3, -0.25) is 0 Å². The van der Waals surface area contributed by atoms with E-state index in [0.29, 0.717) is 0 Å². The van der Waals surface area contributed by atoms with Crippen molar-refractivity contribution in [2.75, 3.05) is 0 Å². The van der Waals surface area contributed by atoms with Crippen molar-refractivity contribution in [1.29, 1.82) is 0 Å². The molecule has 0 aromatic heterocycles. The summed E-state index contributed by atoms with van der Waals surface area (Å²) in [4.78, 5) is 0. The number of rotatable bonds is 0. The van der Waals surface area contributed by atoms with Crippen LogP contribution in [-0.4, -0.2) is 0 Å². The van der Waals surface area contributed by atoms with Crippen molar-refractivity contribution in [3.63, 3.8) is 0 Å². The number of hydrogen-bond donors (Lipinski definition) is 0. The van der Waals surface area contributed by atoms with Crippen LogP contribution in [0.2, 0.25) is 0 Å². The van der Waals surface area contributed by atoms with Gasteiger partial charge in [0, 0.05) is 11.8 Å². The lowest BCUT2D eigenvalue weighted by atomic mass is 9.83. The summed E-state index contributed by atoms with van der Waals surface area (Å²) in [6.07, 6.45) is 5.98. The predicted molar refractivity (Wildman–Crippen MR) is 71.7 cm³/mol. The molecule has 0 aromatic carbocycles. The van der Waals surface area contributed by atoms with Crippen molar-refractivity contribution >= 4 is 0 Å². The van der Waals surface area contributed by atoms with Crippen LogP contribution >= 0.6 is 0 Å². The van der Waals surface area contributed by atoms with Gasteiger partial charge in [0.25, 0.3) is 0 Å². The Morgan fingerprint density at radius 2 is 1.00 bits per heavy atom. The van der Waals surface area contributed by atoms with E-state index in [4.69, 9.17) is 0 Å². The molecule has 0 aliphatic heterocycles. The third kappa shape index (κ3) is 0.681. The Labute approximate surface area is 109 Å². The average Bonchev–Trinajstić information content (AvgIpc) is 3.13. The molecule has 8 unspecified atom stereocenters. The molecular formula is C18H20. The minimum absolute atomic E-state index is 0.836. The van der Waals surface area contributed by atoms with Gasteiger partial charge in [-0.1, -0.05) is 35.5 Å². The van der Waals surface area contributed by atoms with E-state index in [1.165, 1.54) is 25.7 Å². The zero-order chi connectivity index (χ0) is 11.8. The SMILES string of the molecule is C=C1C2CC3CC2/C(=C2\C4CC5CC4C(=C)C25)C13. The molecule has 8 aliphatic rings. The fourth-order valence-electron chi connectivity index (χ4n) is 7.43. The Morgan fingerprint density at radius 1 is 0.611 bits per heavy atom. The molecule has 8 rings (SSSR count). The Kier molecular flexibility index (Phi) is 1.25. The third-order valence-corrected chi connectivity index (χ3v) is 7.69. The van der Waals surface area contributed by atoms with E-state index in [9.17, 15) is 0 Å². The van der Waals surface area contributed by atoms with Gasteiger partial charge in [0.1, 0.15) is 0 Å². The van der Waals surface area contributed by atoms with Crippen LogP contribution in [0.25, 0.3) is 0 Å². The largest absolute Gasteiger partial charge is 0.0989 e. The van der Waals surface area contributed by atoms with Crippen LogP contribution in [0.4, 0.5) is 0 Å². The van der Waals surface area contributed by atoms with E-state index in [2.05, 4.69) is 13.2 Å². The zero-order valence-corrected chi connectivity index (χ0v) is 10.9. The highest BCUT2D eigenvalue weighted by Crippen LogP contribution is 2.75. The van der Waals surface area contributed by atoms with E-state index < -0.39 is 0 Å². The summed E-state index contributed by atoms with van der Waals surface area (Å²) in [7, 11) is 0. The van der Waals surface area contributed by atoms with Gasteiger partial charge >= 0.3 is 0 Å². The lowest BCUT2D eigenvalue weighted by Crippen LogP contribution is -2.12. The molecule has 8 fully saturated rings. The topological polar surface area (TPSA) is 0 Å². The second-order valence-electron chi connectivity index (χ2n) is 7.90. The Balaban J connectivity index is 1.60. The minimum atomic E-state index is 0.836. The fraction of sp³-hybridized carbons (Fsp3) is 0.667. The zero-order valence-electron chi connectivity index (χ0n) is 10.9. The summed E-state index contributed by atoms with van der Waals surface area (Å²) < 4.78 is 0. The summed E-state index contributed by atoms with van der Waals surface area (Å²) in [6, 6.07) is 0. The molecule has 0 amide bonds. The average molecular weight is 236 g/mol. The van der Waals surface area contributed by atoms with Crippen molar-refractivity contribution in [3.8, 4) is 0 Å². The van der Waals surface area contributed by atoms with Crippen molar-refractivity contribution < 1.29 is 0 Å². The van der Waals surface area contributed by atoms with E-state index >= 15 is 0 Å².